The molecule has 2 heterocycles. The van der Waals surface area contributed by atoms with E-state index < -0.39 is 0 Å². The zero-order chi connectivity index (χ0) is 21.5. The summed E-state index contributed by atoms with van der Waals surface area (Å²) in [7, 11) is 0. The van der Waals surface area contributed by atoms with Crippen LogP contribution in [-0.2, 0) is 14.3 Å². The molecule has 0 saturated carbocycles. The molecule has 2 saturated heterocycles. The Labute approximate surface area is 183 Å². The van der Waals surface area contributed by atoms with E-state index in [0.29, 0.717) is 45.9 Å². The van der Waals surface area contributed by atoms with Crippen LogP contribution in [0.15, 0.2) is 60.7 Å². The first-order valence-corrected chi connectivity index (χ1v) is 10.9. The van der Waals surface area contributed by atoms with Gasteiger partial charge < -0.3 is 14.5 Å². The molecule has 2 amide bonds. The molecule has 0 unspecified atom stereocenters. The second-order valence-corrected chi connectivity index (χ2v) is 7.92. The average Bonchev–Trinajstić information content (AvgIpc) is 2.84. The van der Waals surface area contributed by atoms with E-state index in [1.807, 2.05) is 46.2 Å². The maximum absolute atomic E-state index is 12.6. The van der Waals surface area contributed by atoms with E-state index in [2.05, 4.69) is 29.2 Å². The number of ether oxygens (including phenoxy) is 1. The molecule has 2 aromatic carbocycles. The van der Waals surface area contributed by atoms with Crippen molar-refractivity contribution >= 4 is 17.9 Å². The summed E-state index contributed by atoms with van der Waals surface area (Å²) in [4.78, 5) is 30.9. The molecule has 2 aromatic rings. The fraction of sp³-hybridized carbons (Fsp3) is 0.360. The van der Waals surface area contributed by atoms with Gasteiger partial charge in [0, 0.05) is 45.3 Å². The van der Waals surface area contributed by atoms with Crippen molar-refractivity contribution in [2.75, 3.05) is 59.0 Å². The van der Waals surface area contributed by atoms with Crippen LogP contribution in [0.25, 0.3) is 17.2 Å². The third-order valence-electron chi connectivity index (χ3n) is 5.82. The summed E-state index contributed by atoms with van der Waals surface area (Å²) in [6, 6.07) is 18.4. The van der Waals surface area contributed by atoms with E-state index in [-0.39, 0.29) is 11.8 Å². The van der Waals surface area contributed by atoms with Gasteiger partial charge in [0.2, 0.25) is 11.8 Å². The third kappa shape index (κ3) is 5.81. The van der Waals surface area contributed by atoms with E-state index in [1.54, 1.807) is 6.08 Å². The van der Waals surface area contributed by atoms with Gasteiger partial charge in [-0.25, -0.2) is 0 Å². The first-order chi connectivity index (χ1) is 15.2. The standard InChI is InChI=1S/C25H29N3O3/c29-24(10-9-21-5-4-8-23(19-21)22-6-2-1-3-7-22)27-13-11-26(12-14-27)20-25(30)28-15-17-31-18-16-28/h1-10,19H,11-18,20H2/b10-9+. The summed E-state index contributed by atoms with van der Waals surface area (Å²) >= 11 is 0. The average molecular weight is 420 g/mol. The Morgan fingerprint density at radius 2 is 1.52 bits per heavy atom. The van der Waals surface area contributed by atoms with Crippen LogP contribution in [0.3, 0.4) is 0 Å². The van der Waals surface area contributed by atoms with Gasteiger partial charge in [-0.05, 0) is 28.8 Å². The number of morpholine rings is 1. The molecule has 0 aromatic heterocycles. The molecule has 0 atom stereocenters. The molecule has 0 N–H and O–H groups in total. The SMILES string of the molecule is O=C(/C=C/c1cccc(-c2ccccc2)c1)N1CCN(CC(=O)N2CCOCC2)CC1. The van der Waals surface area contributed by atoms with Crippen molar-refractivity contribution in [1.29, 1.82) is 0 Å². The largest absolute Gasteiger partial charge is 0.378 e. The van der Waals surface area contributed by atoms with E-state index >= 15 is 0 Å². The van der Waals surface area contributed by atoms with Crippen LogP contribution in [0.5, 0.6) is 0 Å². The van der Waals surface area contributed by atoms with Crippen molar-refractivity contribution in [2.45, 2.75) is 0 Å². The summed E-state index contributed by atoms with van der Waals surface area (Å²) in [5.74, 6) is 0.172. The number of amides is 2. The number of rotatable bonds is 5. The Balaban J connectivity index is 1.27. The van der Waals surface area contributed by atoms with Crippen LogP contribution in [0, 0.1) is 0 Å². The fourth-order valence-corrected chi connectivity index (χ4v) is 3.96. The van der Waals surface area contributed by atoms with E-state index in [1.165, 1.54) is 0 Å². The lowest BCUT2D eigenvalue weighted by molar-refractivity contribution is -0.137. The van der Waals surface area contributed by atoms with E-state index in [0.717, 1.165) is 29.8 Å². The number of carbonyl (C=O) groups excluding carboxylic acids is 2. The number of carbonyl (C=O) groups is 2. The number of hydrogen-bond donors (Lipinski definition) is 0. The molecular formula is C25H29N3O3. The molecule has 6 nitrogen and oxygen atoms in total. The highest BCUT2D eigenvalue weighted by Crippen LogP contribution is 2.20. The van der Waals surface area contributed by atoms with Gasteiger partial charge in [-0.15, -0.1) is 0 Å². The van der Waals surface area contributed by atoms with Gasteiger partial charge in [0.15, 0.2) is 0 Å². The second-order valence-electron chi connectivity index (χ2n) is 7.92. The van der Waals surface area contributed by atoms with Crippen LogP contribution in [0.4, 0.5) is 0 Å². The highest BCUT2D eigenvalue weighted by molar-refractivity contribution is 5.92. The van der Waals surface area contributed by atoms with E-state index in [4.69, 9.17) is 4.74 Å². The van der Waals surface area contributed by atoms with Gasteiger partial charge in [0.05, 0.1) is 19.8 Å². The van der Waals surface area contributed by atoms with Gasteiger partial charge in [-0.2, -0.15) is 0 Å². The summed E-state index contributed by atoms with van der Waals surface area (Å²) in [6.07, 6.45) is 3.53. The molecule has 0 aliphatic carbocycles. The number of hydrogen-bond acceptors (Lipinski definition) is 4. The topological polar surface area (TPSA) is 53.1 Å². The van der Waals surface area contributed by atoms with Gasteiger partial charge in [-0.3, -0.25) is 14.5 Å². The van der Waals surface area contributed by atoms with Crippen LogP contribution in [0.2, 0.25) is 0 Å². The maximum atomic E-state index is 12.6. The van der Waals surface area contributed by atoms with Crippen LogP contribution < -0.4 is 0 Å². The van der Waals surface area contributed by atoms with Crippen LogP contribution in [0.1, 0.15) is 5.56 Å². The Morgan fingerprint density at radius 1 is 0.806 bits per heavy atom. The lowest BCUT2D eigenvalue weighted by Gasteiger charge is -2.35. The Morgan fingerprint density at radius 3 is 2.26 bits per heavy atom. The molecule has 2 aliphatic heterocycles. The molecule has 31 heavy (non-hydrogen) atoms. The Bertz CT molecular complexity index is 915. The van der Waals surface area contributed by atoms with Gasteiger partial charge in [0.1, 0.15) is 0 Å². The van der Waals surface area contributed by atoms with Crippen molar-refractivity contribution in [2.24, 2.45) is 0 Å². The summed E-state index contributed by atoms with van der Waals surface area (Å²) in [5.41, 5.74) is 3.30. The smallest absolute Gasteiger partial charge is 0.246 e. The zero-order valence-corrected chi connectivity index (χ0v) is 17.8. The van der Waals surface area contributed by atoms with Crippen molar-refractivity contribution in [3.63, 3.8) is 0 Å². The fourth-order valence-electron chi connectivity index (χ4n) is 3.96. The predicted molar refractivity (Wildman–Crippen MR) is 121 cm³/mol. The molecule has 0 radical (unpaired) electrons. The van der Waals surface area contributed by atoms with Crippen molar-refractivity contribution in [3.8, 4) is 11.1 Å². The third-order valence-corrected chi connectivity index (χ3v) is 5.82. The molecular weight excluding hydrogens is 390 g/mol. The van der Waals surface area contributed by atoms with Crippen molar-refractivity contribution in [1.82, 2.24) is 14.7 Å². The molecule has 4 rings (SSSR count). The molecule has 162 valence electrons. The normalized spacial score (nSPS) is 17.8. The van der Waals surface area contributed by atoms with Crippen LogP contribution >= 0.6 is 0 Å². The minimum absolute atomic E-state index is 0.0178. The van der Waals surface area contributed by atoms with Crippen LogP contribution in [-0.4, -0.2) is 85.5 Å². The number of nitrogens with zero attached hydrogens (tertiary/aromatic N) is 3. The molecule has 0 bridgehead atoms. The maximum Gasteiger partial charge on any atom is 0.246 e. The minimum Gasteiger partial charge on any atom is -0.378 e. The van der Waals surface area contributed by atoms with Gasteiger partial charge in [0.25, 0.3) is 0 Å². The first kappa shape index (κ1) is 21.3. The highest BCUT2D eigenvalue weighted by Gasteiger charge is 2.24. The molecule has 2 aliphatic rings. The lowest BCUT2D eigenvalue weighted by atomic mass is 10.0. The van der Waals surface area contributed by atoms with Crippen molar-refractivity contribution < 1.29 is 14.3 Å². The Kier molecular flexibility index (Phi) is 7.12. The monoisotopic (exact) mass is 419 g/mol. The predicted octanol–water partition coefficient (Wildman–Crippen LogP) is 2.37. The molecule has 0 spiro atoms. The Hall–Kier alpha value is -2.96. The second kappa shape index (κ2) is 10.4. The highest BCUT2D eigenvalue weighted by atomic mass is 16.5. The lowest BCUT2D eigenvalue weighted by Crippen LogP contribution is -2.52. The van der Waals surface area contributed by atoms with Gasteiger partial charge in [-0.1, -0.05) is 48.5 Å². The van der Waals surface area contributed by atoms with Gasteiger partial charge >= 0.3 is 0 Å². The summed E-state index contributed by atoms with van der Waals surface area (Å²) < 4.78 is 5.31. The van der Waals surface area contributed by atoms with E-state index in [9.17, 15) is 9.59 Å². The molecule has 2 fully saturated rings. The molecule has 6 heteroatoms. The number of benzene rings is 2. The summed E-state index contributed by atoms with van der Waals surface area (Å²) in [6.45, 7) is 5.74. The quantitative estimate of drug-likeness (QED) is 0.699. The van der Waals surface area contributed by atoms with Crippen molar-refractivity contribution in [3.05, 3.63) is 66.2 Å². The summed E-state index contributed by atoms with van der Waals surface area (Å²) in [5, 5.41) is 0. The zero-order valence-electron chi connectivity index (χ0n) is 17.8. The first-order valence-electron chi connectivity index (χ1n) is 10.9. The number of piperazine rings is 1. The minimum atomic E-state index is 0.0178.